The molecule has 26 heavy (non-hydrogen) atoms. The van der Waals surface area contributed by atoms with E-state index in [1.54, 1.807) is 0 Å². The Kier molecular flexibility index (Phi) is 8.63. The second-order valence-electron chi connectivity index (χ2n) is 8.48. The van der Waals surface area contributed by atoms with Gasteiger partial charge in [-0.3, -0.25) is 0 Å². The van der Waals surface area contributed by atoms with Crippen LogP contribution in [0.25, 0.3) is 0 Å². The number of carbonyl (C=O) groups excluding carboxylic acids is 1. The molecule has 1 rings (SSSR count). The van der Waals surface area contributed by atoms with E-state index in [0.29, 0.717) is 11.5 Å². The van der Waals surface area contributed by atoms with E-state index in [-0.39, 0.29) is 17.8 Å². The van der Waals surface area contributed by atoms with Gasteiger partial charge in [0.25, 0.3) is 0 Å². The van der Waals surface area contributed by atoms with Crippen molar-refractivity contribution in [1.29, 1.82) is 0 Å². The van der Waals surface area contributed by atoms with Crippen molar-refractivity contribution < 1.29 is 10.9 Å². The van der Waals surface area contributed by atoms with Gasteiger partial charge in [0.2, 0.25) is 0 Å². The van der Waals surface area contributed by atoms with Crippen molar-refractivity contribution in [2.45, 2.75) is 92.0 Å². The average molecular weight is 557 g/mol. The second kappa shape index (κ2) is 10.2. The number of benzene rings is 1. The second-order valence-corrected chi connectivity index (χ2v) is 28.2. The summed E-state index contributed by atoms with van der Waals surface area (Å²) in [4.78, 5) is 13.3. The number of hydrogen-bond acceptors (Lipinski definition) is 2. The maximum absolute atomic E-state index is 13.3. The van der Waals surface area contributed by atoms with E-state index in [0.717, 1.165) is 23.1 Å². The first kappa shape index (κ1) is 21.9. The number of esters is 1. The quantitative estimate of drug-likeness (QED) is 0.236. The van der Waals surface area contributed by atoms with Crippen molar-refractivity contribution in [1.82, 2.24) is 0 Å². The Bertz CT molecular complexity index is 596. The predicted molar refractivity (Wildman–Crippen MR) is 116 cm³/mol. The van der Waals surface area contributed by atoms with Crippen molar-refractivity contribution in [2.75, 3.05) is 4.14 Å². The van der Waals surface area contributed by atoms with Crippen LogP contribution in [0.5, 0.6) is 0 Å². The van der Waals surface area contributed by atoms with Crippen molar-refractivity contribution in [3.05, 3.63) is 34.4 Å². The van der Waals surface area contributed by atoms with Gasteiger partial charge in [-0.25, -0.2) is 0 Å². The summed E-state index contributed by atoms with van der Waals surface area (Å²) < 4.78 is 17.1. The molecule has 1 atom stereocenters. The van der Waals surface area contributed by atoms with Crippen LogP contribution >= 0.6 is 0 Å². The van der Waals surface area contributed by atoms with Gasteiger partial charge in [-0.05, 0) is 0 Å². The topological polar surface area (TPSA) is 26.3 Å². The van der Waals surface area contributed by atoms with Crippen molar-refractivity contribution in [2.24, 2.45) is 0 Å². The van der Waals surface area contributed by atoms with E-state index in [1.165, 1.54) is 5.56 Å². The van der Waals surface area contributed by atoms with E-state index in [1.807, 2.05) is 0 Å². The van der Waals surface area contributed by atoms with Crippen LogP contribution in [0.4, 0.5) is 0 Å². The molecule has 3 heteroatoms. The Hall–Kier alpha value is -0.388. The molecule has 0 aliphatic heterocycles. The first-order chi connectivity index (χ1) is 12.5. The number of ether oxygens (including phenoxy) is 1. The summed E-state index contributed by atoms with van der Waals surface area (Å²) in [5.41, 5.74) is 4.11. The van der Waals surface area contributed by atoms with Gasteiger partial charge < -0.3 is 0 Å². The van der Waals surface area contributed by atoms with E-state index >= 15 is 0 Å². The zero-order chi connectivity index (χ0) is 20.9. The van der Waals surface area contributed by atoms with E-state index in [9.17, 15) is 4.79 Å². The van der Waals surface area contributed by atoms with Crippen molar-refractivity contribution in [3.8, 4) is 0 Å². The molecule has 0 radical (unpaired) electrons. The van der Waals surface area contributed by atoms with E-state index in [4.69, 9.17) is 6.11 Å². The summed E-state index contributed by atoms with van der Waals surface area (Å²) in [6, 6.07) is 4.35. The van der Waals surface area contributed by atoms with Crippen LogP contribution in [0, 0.1) is 0 Å². The summed E-state index contributed by atoms with van der Waals surface area (Å²) in [6.07, 6.45) is 0. The van der Waals surface area contributed by atoms with Crippen LogP contribution in [-0.4, -0.2) is 31.3 Å². The van der Waals surface area contributed by atoms with Gasteiger partial charge in [0.15, 0.2) is 0 Å². The molecule has 0 heterocycles. The van der Waals surface area contributed by atoms with Gasteiger partial charge >= 0.3 is 169 Å². The van der Waals surface area contributed by atoms with Crippen LogP contribution in [0.15, 0.2) is 12.1 Å². The third kappa shape index (κ3) is 5.56. The molecule has 0 saturated carbocycles. The van der Waals surface area contributed by atoms with Crippen LogP contribution in [0.2, 0.25) is 11.9 Å². The third-order valence-corrected chi connectivity index (χ3v) is 24.7. The number of rotatable bonds is 9. The summed E-state index contributed by atoms with van der Waals surface area (Å²) in [5, 5.41) is 0. The molecule has 0 aliphatic rings. The molecule has 0 amide bonds. The van der Waals surface area contributed by atoms with Gasteiger partial charge in [-0.2, -0.15) is 0 Å². The normalized spacial score (nSPS) is 14.1. The standard InChI is InChI=1S/C17H25O2.3C2H5.Pb/c1-10(2)13-8-14(11(3)4)16(17(18)19-7)15(9-13)12(5)6;3*1-2;/h8-12H,7H2,1-6H3;3*1H2,2H3;/i7D;;;;. The molecule has 0 unspecified atom stereocenters. The van der Waals surface area contributed by atoms with Crippen molar-refractivity contribution >= 4 is 27.1 Å². The van der Waals surface area contributed by atoms with Crippen LogP contribution < -0.4 is 0 Å². The molecule has 148 valence electrons. The summed E-state index contributed by atoms with van der Waals surface area (Å²) in [6.45, 7) is 19.4. The Labute approximate surface area is 168 Å². The molecule has 0 N–H and O–H groups in total. The fourth-order valence-electron chi connectivity index (χ4n) is 3.43. The van der Waals surface area contributed by atoms with Gasteiger partial charge in [0.05, 0.1) is 0 Å². The Morgan fingerprint density at radius 3 is 1.65 bits per heavy atom. The molecule has 0 bridgehead atoms. The van der Waals surface area contributed by atoms with Gasteiger partial charge in [-0.15, -0.1) is 0 Å². The minimum atomic E-state index is -2.89. The fourth-order valence-corrected chi connectivity index (χ4v) is 12.6. The van der Waals surface area contributed by atoms with Gasteiger partial charge in [0, 0.05) is 0 Å². The van der Waals surface area contributed by atoms with E-state index < -0.39 is 25.3 Å². The molecule has 0 aromatic heterocycles. The van der Waals surface area contributed by atoms with E-state index in [2.05, 4.69) is 74.4 Å². The molecular weight excluding hydrogens is 515 g/mol. The fraction of sp³-hybridized carbons (Fsp3) is 0.696. The molecule has 0 fully saturated rings. The first-order valence-electron chi connectivity index (χ1n) is 10.9. The minimum absolute atomic E-state index is 0.241. The van der Waals surface area contributed by atoms with Crippen LogP contribution in [0.3, 0.4) is 0 Å². The Morgan fingerprint density at radius 1 is 0.923 bits per heavy atom. The zero-order valence-electron chi connectivity index (χ0n) is 19.4. The summed E-state index contributed by atoms with van der Waals surface area (Å²) in [5.74, 6) is 0.618. The van der Waals surface area contributed by atoms with Crippen LogP contribution in [-0.2, 0) is 4.74 Å². The molecule has 1 aromatic rings. The summed E-state index contributed by atoms with van der Waals surface area (Å²) >= 11 is -2.89. The molecule has 0 aliphatic carbocycles. The number of carbonyl (C=O) groups is 1. The van der Waals surface area contributed by atoms with Crippen LogP contribution in [0.1, 0.15) is 108 Å². The molecule has 1 aromatic carbocycles. The predicted octanol–water partition coefficient (Wildman–Crippen LogP) is 7.26. The molecular formula is C23H40O2Pb. The first-order valence-corrected chi connectivity index (χ1v) is 20.8. The Balaban J connectivity index is 3.44. The zero-order valence-corrected chi connectivity index (χ0v) is 22.3. The SMILES string of the molecule is [2H][C@H](OC(=O)c1c(C(C)C)cc(C(C)C)cc1C(C)C)[Pb]([CH2]C)([CH2]C)[CH2]C. The van der Waals surface area contributed by atoms with Gasteiger partial charge in [0.1, 0.15) is 0 Å². The van der Waals surface area contributed by atoms with Crippen molar-refractivity contribution in [3.63, 3.8) is 0 Å². The number of hydrogen-bond donors (Lipinski definition) is 0. The monoisotopic (exact) mass is 557 g/mol. The Morgan fingerprint density at radius 2 is 1.35 bits per heavy atom. The average Bonchev–Trinajstić information content (AvgIpc) is 2.62. The third-order valence-electron chi connectivity index (χ3n) is 5.86. The maximum atomic E-state index is 13.3. The molecule has 2 nitrogen and oxygen atoms in total. The molecule has 0 saturated heterocycles. The van der Waals surface area contributed by atoms with Gasteiger partial charge in [-0.1, -0.05) is 0 Å². The summed E-state index contributed by atoms with van der Waals surface area (Å²) in [7, 11) is 0. The molecule has 0 spiro atoms.